The third-order valence-corrected chi connectivity index (χ3v) is 3.97. The molecule has 0 aliphatic heterocycles. The number of rotatable bonds is 15. The number of hydrogen-bond acceptors (Lipinski definition) is 2. The van der Waals surface area contributed by atoms with Gasteiger partial charge in [0.15, 0.2) is 0 Å². The van der Waals surface area contributed by atoms with Crippen molar-refractivity contribution in [3.05, 3.63) is 0 Å². The molecule has 4 heteroatoms. The topological polar surface area (TPSA) is 18.5 Å². The van der Waals surface area contributed by atoms with Gasteiger partial charge in [-0.25, -0.2) is 0 Å². The lowest BCUT2D eigenvalue weighted by Gasteiger charge is -2.33. The molecule has 0 aliphatic rings. The van der Waals surface area contributed by atoms with E-state index in [0.29, 0.717) is 0 Å². The van der Waals surface area contributed by atoms with Gasteiger partial charge >= 0.3 is 0 Å². The third kappa shape index (κ3) is 15.3. The van der Waals surface area contributed by atoms with E-state index in [2.05, 4.69) is 21.0 Å². The van der Waals surface area contributed by atoms with Gasteiger partial charge in [-0.2, -0.15) is 0 Å². The van der Waals surface area contributed by atoms with Crippen molar-refractivity contribution in [2.24, 2.45) is 0 Å². The van der Waals surface area contributed by atoms with E-state index >= 15 is 0 Å². The molecule has 0 bridgehead atoms. The first-order valence-corrected chi connectivity index (χ1v) is 9.11. The minimum absolute atomic E-state index is 0. The number of unbranched alkanes of at least 4 members (excludes halogenated alkanes) is 7. The van der Waals surface area contributed by atoms with E-state index < -0.39 is 0 Å². The van der Waals surface area contributed by atoms with Crippen molar-refractivity contribution < 1.29 is 30.9 Å². The molecule has 0 aromatic heterocycles. The van der Waals surface area contributed by atoms with Gasteiger partial charge in [0, 0.05) is 13.2 Å². The molecule has 0 spiro atoms. The Morgan fingerprint density at radius 1 is 0.727 bits per heavy atom. The standard InChI is InChI=1S/C18H40NO2.BrH/c1-6-9-10-11-12-13-14-15-16-19(4,5)17-18(20-7-2)21-8-3;/h18H,6-17H2,1-5H3;1H/q+1;/p-1. The number of nitrogens with zero attached hydrogens (tertiary/aromatic N) is 1. The second-order valence-corrected chi connectivity index (χ2v) is 6.66. The maximum Gasteiger partial charge on any atom is 0.207 e. The van der Waals surface area contributed by atoms with E-state index in [0.717, 1.165) is 24.2 Å². The summed E-state index contributed by atoms with van der Waals surface area (Å²) in [6.45, 7) is 9.95. The van der Waals surface area contributed by atoms with Crippen LogP contribution in [0.1, 0.15) is 72.1 Å². The molecule has 0 amide bonds. The van der Waals surface area contributed by atoms with Crippen LogP contribution in [-0.4, -0.2) is 51.2 Å². The second kappa shape index (κ2) is 16.2. The molecule has 0 fully saturated rings. The van der Waals surface area contributed by atoms with E-state index in [9.17, 15) is 0 Å². The highest BCUT2D eigenvalue weighted by atomic mass is 79.9. The summed E-state index contributed by atoms with van der Waals surface area (Å²) in [6, 6.07) is 0. The summed E-state index contributed by atoms with van der Waals surface area (Å²) in [6.07, 6.45) is 11.0. The maximum atomic E-state index is 5.66. The highest BCUT2D eigenvalue weighted by Gasteiger charge is 2.22. The summed E-state index contributed by atoms with van der Waals surface area (Å²) in [4.78, 5) is 0. The number of likely N-dealkylation sites (N-methyl/N-ethyl adjacent to an activating group) is 1. The van der Waals surface area contributed by atoms with Crippen LogP contribution in [0.5, 0.6) is 0 Å². The first-order chi connectivity index (χ1) is 10.1. The molecule has 0 atom stereocenters. The van der Waals surface area contributed by atoms with Crippen LogP contribution in [0.25, 0.3) is 0 Å². The molecule has 0 aliphatic carbocycles. The molecular formula is C18H40BrNO2. The van der Waals surface area contributed by atoms with Gasteiger partial charge in [-0.1, -0.05) is 45.4 Å². The van der Waals surface area contributed by atoms with Crippen LogP contribution in [0.3, 0.4) is 0 Å². The van der Waals surface area contributed by atoms with Gasteiger partial charge in [0.25, 0.3) is 0 Å². The molecule has 0 aromatic carbocycles. The van der Waals surface area contributed by atoms with Crippen molar-refractivity contribution in [1.29, 1.82) is 0 Å². The van der Waals surface area contributed by atoms with E-state index in [4.69, 9.17) is 9.47 Å². The van der Waals surface area contributed by atoms with Gasteiger partial charge < -0.3 is 30.9 Å². The average Bonchev–Trinajstić information content (AvgIpc) is 2.42. The summed E-state index contributed by atoms with van der Waals surface area (Å²) in [5.74, 6) is 0. The summed E-state index contributed by atoms with van der Waals surface area (Å²) >= 11 is 0. The minimum atomic E-state index is -0.0518. The summed E-state index contributed by atoms with van der Waals surface area (Å²) < 4.78 is 12.3. The Morgan fingerprint density at radius 2 is 1.18 bits per heavy atom. The normalized spacial score (nSPS) is 11.7. The Hall–Kier alpha value is 0.360. The zero-order valence-corrected chi connectivity index (χ0v) is 17.3. The van der Waals surface area contributed by atoms with Crippen LogP contribution in [0.15, 0.2) is 0 Å². The van der Waals surface area contributed by atoms with Gasteiger partial charge in [0.1, 0.15) is 6.54 Å². The van der Waals surface area contributed by atoms with E-state index in [1.165, 1.54) is 57.9 Å². The molecule has 22 heavy (non-hydrogen) atoms. The number of ether oxygens (including phenoxy) is 2. The molecule has 0 rings (SSSR count). The van der Waals surface area contributed by atoms with Gasteiger partial charge in [0.05, 0.1) is 20.6 Å². The quantitative estimate of drug-likeness (QED) is 0.243. The number of halogens is 1. The molecule has 0 heterocycles. The second-order valence-electron chi connectivity index (χ2n) is 6.66. The van der Waals surface area contributed by atoms with E-state index in [1.54, 1.807) is 0 Å². The molecular weight excluding hydrogens is 342 g/mol. The van der Waals surface area contributed by atoms with Crippen LogP contribution in [0.2, 0.25) is 0 Å². The highest BCUT2D eigenvalue weighted by molar-refractivity contribution is 4.48. The van der Waals surface area contributed by atoms with Crippen LogP contribution >= 0.6 is 0 Å². The molecule has 3 nitrogen and oxygen atoms in total. The molecule has 0 N–H and O–H groups in total. The smallest absolute Gasteiger partial charge is 0.207 e. The number of quaternary nitrogens is 1. The molecule has 0 unspecified atom stereocenters. The first-order valence-electron chi connectivity index (χ1n) is 9.11. The van der Waals surface area contributed by atoms with E-state index in [1.807, 2.05) is 13.8 Å². The van der Waals surface area contributed by atoms with Gasteiger partial charge in [0.2, 0.25) is 6.29 Å². The molecule has 0 saturated heterocycles. The fourth-order valence-electron chi connectivity index (χ4n) is 2.69. The lowest BCUT2D eigenvalue weighted by Crippen LogP contribution is -3.00. The van der Waals surface area contributed by atoms with E-state index in [-0.39, 0.29) is 23.3 Å². The summed E-state index contributed by atoms with van der Waals surface area (Å²) in [7, 11) is 4.57. The zero-order chi connectivity index (χ0) is 16.0. The SMILES string of the molecule is CCCCCCCCCC[N+](C)(C)CC(OCC)OCC.[Br-]. The van der Waals surface area contributed by atoms with Crippen LogP contribution in [-0.2, 0) is 9.47 Å². The Balaban J connectivity index is 0. The van der Waals surface area contributed by atoms with Crippen molar-refractivity contribution >= 4 is 0 Å². The monoisotopic (exact) mass is 381 g/mol. The molecule has 0 aromatic rings. The Kier molecular flexibility index (Phi) is 18.2. The summed E-state index contributed by atoms with van der Waals surface area (Å²) in [5.41, 5.74) is 0. The predicted octanol–water partition coefficient (Wildman–Crippen LogP) is 1.61. The first kappa shape index (κ1) is 24.6. The van der Waals surface area contributed by atoms with Crippen LogP contribution in [0.4, 0.5) is 0 Å². The fourth-order valence-corrected chi connectivity index (χ4v) is 2.69. The van der Waals surface area contributed by atoms with Crippen LogP contribution < -0.4 is 17.0 Å². The predicted molar refractivity (Wildman–Crippen MR) is 91.5 cm³/mol. The zero-order valence-electron chi connectivity index (χ0n) is 15.7. The lowest BCUT2D eigenvalue weighted by atomic mass is 10.1. The largest absolute Gasteiger partial charge is 1.00 e. The molecule has 0 saturated carbocycles. The van der Waals surface area contributed by atoms with Crippen molar-refractivity contribution in [2.45, 2.75) is 78.4 Å². The van der Waals surface area contributed by atoms with Crippen molar-refractivity contribution in [3.63, 3.8) is 0 Å². The Bertz CT molecular complexity index is 219. The maximum absolute atomic E-state index is 5.66. The van der Waals surface area contributed by atoms with Crippen LogP contribution in [0, 0.1) is 0 Å². The average molecular weight is 382 g/mol. The molecule has 136 valence electrons. The third-order valence-electron chi connectivity index (χ3n) is 3.97. The van der Waals surface area contributed by atoms with Gasteiger partial charge in [-0.05, 0) is 26.7 Å². The van der Waals surface area contributed by atoms with Gasteiger partial charge in [-0.15, -0.1) is 0 Å². The Labute approximate surface area is 150 Å². The van der Waals surface area contributed by atoms with Gasteiger partial charge in [-0.3, -0.25) is 0 Å². The summed E-state index contributed by atoms with van der Waals surface area (Å²) in [5, 5.41) is 0. The molecule has 0 radical (unpaired) electrons. The minimum Gasteiger partial charge on any atom is -1.00 e. The van der Waals surface area contributed by atoms with Crippen molar-refractivity contribution in [3.8, 4) is 0 Å². The highest BCUT2D eigenvalue weighted by Crippen LogP contribution is 2.11. The van der Waals surface area contributed by atoms with Crippen molar-refractivity contribution in [2.75, 3.05) is 40.4 Å². The lowest BCUT2D eigenvalue weighted by molar-refractivity contribution is -0.896. The van der Waals surface area contributed by atoms with Crippen molar-refractivity contribution in [1.82, 2.24) is 0 Å². The number of hydrogen-bond donors (Lipinski definition) is 0. The fraction of sp³-hybridized carbons (Fsp3) is 1.00. The Morgan fingerprint density at radius 3 is 1.64 bits per heavy atom.